The van der Waals surface area contributed by atoms with Crippen molar-refractivity contribution < 1.29 is 9.59 Å². The molecular weight excluding hydrogens is 418 g/mol. The van der Waals surface area contributed by atoms with E-state index in [9.17, 15) is 9.59 Å². The quantitative estimate of drug-likeness (QED) is 0.458. The van der Waals surface area contributed by atoms with E-state index in [0.29, 0.717) is 13.1 Å². The molecule has 5 rings (SSSR count). The summed E-state index contributed by atoms with van der Waals surface area (Å²) >= 11 is 1.60. The number of nitrogens with one attached hydrogen (secondary N) is 1. The first-order valence-electron chi connectivity index (χ1n) is 10.7. The zero-order chi connectivity index (χ0) is 21.9. The van der Waals surface area contributed by atoms with E-state index in [1.54, 1.807) is 16.2 Å². The minimum atomic E-state index is -0.346. The summed E-state index contributed by atoms with van der Waals surface area (Å²) in [6, 6.07) is 25.8. The van der Waals surface area contributed by atoms with Crippen LogP contribution in [0.15, 0.2) is 78.9 Å². The van der Waals surface area contributed by atoms with Gasteiger partial charge in [0, 0.05) is 25.1 Å². The van der Waals surface area contributed by atoms with Gasteiger partial charge < -0.3 is 10.2 Å². The van der Waals surface area contributed by atoms with Gasteiger partial charge in [0.1, 0.15) is 5.01 Å². The molecule has 0 spiro atoms. The number of fused-ring (bicyclic) bond motifs is 1. The molecule has 3 aromatic carbocycles. The molecule has 1 atom stereocenters. The van der Waals surface area contributed by atoms with Gasteiger partial charge in [-0.05, 0) is 36.2 Å². The maximum atomic E-state index is 13.0. The molecule has 32 heavy (non-hydrogen) atoms. The number of para-hydroxylation sites is 2. The molecule has 6 heteroatoms. The van der Waals surface area contributed by atoms with Crippen molar-refractivity contribution in [2.45, 2.75) is 12.8 Å². The minimum Gasteiger partial charge on any atom is -0.342 e. The van der Waals surface area contributed by atoms with Crippen LogP contribution in [0.25, 0.3) is 20.8 Å². The fourth-order valence-electron chi connectivity index (χ4n) is 4.07. The van der Waals surface area contributed by atoms with Crippen molar-refractivity contribution in [1.82, 2.24) is 9.88 Å². The van der Waals surface area contributed by atoms with E-state index in [4.69, 9.17) is 4.98 Å². The van der Waals surface area contributed by atoms with Gasteiger partial charge in [-0.3, -0.25) is 9.59 Å². The summed E-state index contributed by atoms with van der Waals surface area (Å²) in [7, 11) is 0. The summed E-state index contributed by atoms with van der Waals surface area (Å²) in [5.41, 5.74) is 3.76. The first-order chi connectivity index (χ1) is 15.7. The predicted octanol–water partition coefficient (Wildman–Crippen LogP) is 4.99. The predicted molar refractivity (Wildman–Crippen MR) is 129 cm³/mol. The molecule has 5 nitrogen and oxygen atoms in total. The van der Waals surface area contributed by atoms with Gasteiger partial charge >= 0.3 is 0 Å². The molecule has 0 radical (unpaired) electrons. The van der Waals surface area contributed by atoms with E-state index >= 15 is 0 Å². The molecule has 1 saturated heterocycles. The van der Waals surface area contributed by atoms with Gasteiger partial charge in [-0.2, -0.15) is 0 Å². The van der Waals surface area contributed by atoms with Gasteiger partial charge in [-0.1, -0.05) is 54.6 Å². The summed E-state index contributed by atoms with van der Waals surface area (Å²) < 4.78 is 1.11. The van der Waals surface area contributed by atoms with E-state index in [-0.39, 0.29) is 24.2 Å². The first kappa shape index (κ1) is 20.4. The first-order valence-corrected chi connectivity index (χ1v) is 11.6. The SMILES string of the molecule is O=C(Nc1ccccc1-c1nc2ccccc2s1)C1CC(=O)N(CCc2ccccc2)C1. The third kappa shape index (κ3) is 4.27. The highest BCUT2D eigenvalue weighted by atomic mass is 32.1. The van der Waals surface area contributed by atoms with Crippen molar-refractivity contribution in [3.63, 3.8) is 0 Å². The zero-order valence-electron chi connectivity index (χ0n) is 17.5. The number of amides is 2. The van der Waals surface area contributed by atoms with Crippen LogP contribution in [0, 0.1) is 5.92 Å². The van der Waals surface area contributed by atoms with Crippen LogP contribution in [0.5, 0.6) is 0 Å². The zero-order valence-corrected chi connectivity index (χ0v) is 18.3. The molecule has 1 aromatic heterocycles. The van der Waals surface area contributed by atoms with Gasteiger partial charge in [0.15, 0.2) is 0 Å². The molecule has 0 aliphatic carbocycles. The van der Waals surface area contributed by atoms with E-state index in [1.807, 2.05) is 66.7 Å². The number of nitrogens with zero attached hydrogens (tertiary/aromatic N) is 2. The number of aromatic nitrogens is 1. The second-order valence-corrected chi connectivity index (χ2v) is 9.03. The fourth-order valence-corrected chi connectivity index (χ4v) is 5.08. The number of carbonyl (C=O) groups excluding carboxylic acids is 2. The molecule has 4 aromatic rings. The standard InChI is InChI=1S/C26H23N3O2S/c30-24-16-19(17-29(24)15-14-18-8-2-1-3-9-18)25(31)27-21-11-5-4-10-20(21)26-28-22-12-6-7-13-23(22)32-26/h1-13,19H,14-17H2,(H,27,31). The average molecular weight is 442 g/mol. The van der Waals surface area contributed by atoms with Crippen LogP contribution in [0.4, 0.5) is 5.69 Å². The second-order valence-electron chi connectivity index (χ2n) is 8.00. The number of carbonyl (C=O) groups is 2. The number of hydrogen-bond donors (Lipinski definition) is 1. The normalized spacial score (nSPS) is 15.9. The van der Waals surface area contributed by atoms with Crippen molar-refractivity contribution >= 4 is 39.1 Å². The number of hydrogen-bond acceptors (Lipinski definition) is 4. The third-order valence-corrected chi connectivity index (χ3v) is 6.88. The van der Waals surface area contributed by atoms with E-state index in [0.717, 1.165) is 32.9 Å². The van der Waals surface area contributed by atoms with Crippen LogP contribution < -0.4 is 5.32 Å². The molecule has 0 bridgehead atoms. The minimum absolute atomic E-state index is 0.0422. The van der Waals surface area contributed by atoms with Crippen LogP contribution in [-0.2, 0) is 16.0 Å². The summed E-state index contributed by atoms with van der Waals surface area (Å²) in [5, 5.41) is 3.93. The highest BCUT2D eigenvalue weighted by molar-refractivity contribution is 7.21. The molecule has 160 valence electrons. The summed E-state index contributed by atoms with van der Waals surface area (Å²) in [6.07, 6.45) is 1.05. The average Bonchev–Trinajstić information content (AvgIpc) is 3.42. The molecule has 1 aliphatic heterocycles. The van der Waals surface area contributed by atoms with Crippen molar-refractivity contribution in [1.29, 1.82) is 0 Å². The maximum Gasteiger partial charge on any atom is 0.229 e. The Bertz CT molecular complexity index is 1240. The third-order valence-electron chi connectivity index (χ3n) is 5.81. The van der Waals surface area contributed by atoms with Crippen LogP contribution >= 0.6 is 11.3 Å². The highest BCUT2D eigenvalue weighted by Crippen LogP contribution is 2.34. The number of benzene rings is 3. The van der Waals surface area contributed by atoms with Crippen molar-refractivity contribution in [3.8, 4) is 10.6 Å². The topological polar surface area (TPSA) is 62.3 Å². The Morgan fingerprint density at radius 3 is 2.59 bits per heavy atom. The Morgan fingerprint density at radius 2 is 1.75 bits per heavy atom. The van der Waals surface area contributed by atoms with Gasteiger partial charge in [0.05, 0.1) is 21.8 Å². The Balaban J connectivity index is 1.28. The smallest absolute Gasteiger partial charge is 0.229 e. The lowest BCUT2D eigenvalue weighted by Gasteiger charge is -2.17. The summed E-state index contributed by atoms with van der Waals surface area (Å²) in [4.78, 5) is 32.0. The highest BCUT2D eigenvalue weighted by Gasteiger charge is 2.34. The van der Waals surface area contributed by atoms with Crippen LogP contribution in [0.2, 0.25) is 0 Å². The molecule has 0 saturated carbocycles. The van der Waals surface area contributed by atoms with E-state index in [2.05, 4.69) is 17.4 Å². The fraction of sp³-hybridized carbons (Fsp3) is 0.192. The molecule has 1 aliphatic rings. The number of likely N-dealkylation sites (tertiary alicyclic amines) is 1. The lowest BCUT2D eigenvalue weighted by atomic mass is 10.1. The number of thiazole rings is 1. The van der Waals surface area contributed by atoms with Gasteiger partial charge in [0.25, 0.3) is 0 Å². The molecule has 1 unspecified atom stereocenters. The molecule has 2 amide bonds. The molecule has 1 fully saturated rings. The van der Waals surface area contributed by atoms with Gasteiger partial charge in [-0.15, -0.1) is 11.3 Å². The maximum absolute atomic E-state index is 13.0. The Morgan fingerprint density at radius 1 is 1.00 bits per heavy atom. The number of anilines is 1. The van der Waals surface area contributed by atoms with E-state index in [1.165, 1.54) is 5.56 Å². The van der Waals surface area contributed by atoms with Crippen molar-refractivity contribution in [2.75, 3.05) is 18.4 Å². The monoisotopic (exact) mass is 441 g/mol. The lowest BCUT2D eigenvalue weighted by molar-refractivity contribution is -0.128. The molecule has 2 heterocycles. The Labute approximate surface area is 190 Å². The molecular formula is C26H23N3O2S. The Hall–Kier alpha value is -3.51. The van der Waals surface area contributed by atoms with Crippen molar-refractivity contribution in [2.24, 2.45) is 5.92 Å². The Kier molecular flexibility index (Phi) is 5.69. The largest absolute Gasteiger partial charge is 0.342 e. The number of rotatable bonds is 6. The molecule has 1 N–H and O–H groups in total. The summed E-state index contributed by atoms with van der Waals surface area (Å²) in [5.74, 6) is -0.420. The van der Waals surface area contributed by atoms with Gasteiger partial charge in [0.2, 0.25) is 11.8 Å². The van der Waals surface area contributed by atoms with Crippen molar-refractivity contribution in [3.05, 3.63) is 84.4 Å². The van der Waals surface area contributed by atoms with E-state index < -0.39 is 0 Å². The van der Waals surface area contributed by atoms with Gasteiger partial charge in [-0.25, -0.2) is 4.98 Å². The second kappa shape index (κ2) is 8.93. The lowest BCUT2D eigenvalue weighted by Crippen LogP contribution is -2.30. The van der Waals surface area contributed by atoms with Crippen LogP contribution in [0.3, 0.4) is 0 Å². The summed E-state index contributed by atoms with van der Waals surface area (Å²) in [6.45, 7) is 1.09. The van der Waals surface area contributed by atoms with Crippen LogP contribution in [0.1, 0.15) is 12.0 Å². The van der Waals surface area contributed by atoms with Crippen LogP contribution in [-0.4, -0.2) is 34.8 Å².